The molecule has 0 radical (unpaired) electrons. The minimum atomic E-state index is -4.15. The van der Waals surface area contributed by atoms with Crippen molar-refractivity contribution in [1.82, 2.24) is 0 Å². The van der Waals surface area contributed by atoms with Crippen molar-refractivity contribution in [3.8, 4) is 0 Å². The molecule has 0 aliphatic carbocycles. The van der Waals surface area contributed by atoms with Gasteiger partial charge in [-0.25, -0.2) is 8.42 Å². The molecule has 2 atom stereocenters. The van der Waals surface area contributed by atoms with Gasteiger partial charge >= 0.3 is 51.4 Å². The van der Waals surface area contributed by atoms with E-state index in [-0.39, 0.29) is 57.5 Å². The molecular formula is C13H27KO4S. The van der Waals surface area contributed by atoms with Gasteiger partial charge in [-0.05, 0) is 26.2 Å². The van der Waals surface area contributed by atoms with Crippen molar-refractivity contribution in [3.05, 3.63) is 0 Å². The van der Waals surface area contributed by atoms with E-state index in [1.54, 1.807) is 6.92 Å². The quantitative estimate of drug-likeness (QED) is 0.326. The Morgan fingerprint density at radius 2 is 1.47 bits per heavy atom. The first-order chi connectivity index (χ1) is 8.38. The smallest absolute Gasteiger partial charge is 0.748 e. The van der Waals surface area contributed by atoms with Crippen LogP contribution in [0.15, 0.2) is 0 Å². The van der Waals surface area contributed by atoms with Crippen molar-refractivity contribution in [2.24, 2.45) is 0 Å². The van der Waals surface area contributed by atoms with Crippen LogP contribution in [0.4, 0.5) is 0 Å². The van der Waals surface area contributed by atoms with Crippen LogP contribution in [0.3, 0.4) is 0 Å². The van der Waals surface area contributed by atoms with Gasteiger partial charge in [0.15, 0.2) is 0 Å². The SMILES string of the molecule is CCCCCC(CCCCCC(C)O)S(=O)(=O)[O-].[K+]. The van der Waals surface area contributed by atoms with Gasteiger partial charge in [0.25, 0.3) is 0 Å². The summed E-state index contributed by atoms with van der Waals surface area (Å²) in [4.78, 5) is 0. The minimum Gasteiger partial charge on any atom is -0.748 e. The monoisotopic (exact) mass is 318 g/mol. The van der Waals surface area contributed by atoms with Crippen molar-refractivity contribution >= 4 is 10.1 Å². The van der Waals surface area contributed by atoms with E-state index in [1.807, 2.05) is 0 Å². The second kappa shape index (κ2) is 13.2. The van der Waals surface area contributed by atoms with Crippen LogP contribution < -0.4 is 51.4 Å². The number of unbranched alkanes of at least 4 members (excludes halogenated alkanes) is 4. The Morgan fingerprint density at radius 3 is 1.89 bits per heavy atom. The van der Waals surface area contributed by atoms with Crippen LogP contribution in [-0.2, 0) is 10.1 Å². The van der Waals surface area contributed by atoms with Crippen LogP contribution in [0.2, 0.25) is 0 Å². The fourth-order valence-electron chi connectivity index (χ4n) is 2.04. The summed E-state index contributed by atoms with van der Waals surface area (Å²) in [5, 5.41) is 8.38. The predicted molar refractivity (Wildman–Crippen MR) is 72.4 cm³/mol. The van der Waals surface area contributed by atoms with Crippen LogP contribution in [0, 0.1) is 0 Å². The molecule has 0 saturated carbocycles. The van der Waals surface area contributed by atoms with Crippen molar-refractivity contribution in [3.63, 3.8) is 0 Å². The number of aliphatic hydroxyl groups excluding tert-OH is 1. The largest absolute Gasteiger partial charge is 1.00 e. The average molecular weight is 319 g/mol. The van der Waals surface area contributed by atoms with E-state index >= 15 is 0 Å². The fourth-order valence-corrected chi connectivity index (χ4v) is 2.95. The van der Waals surface area contributed by atoms with E-state index < -0.39 is 15.4 Å². The third-order valence-electron chi connectivity index (χ3n) is 3.19. The molecule has 0 saturated heterocycles. The average Bonchev–Trinajstić information content (AvgIpc) is 2.24. The van der Waals surface area contributed by atoms with Gasteiger partial charge in [-0.3, -0.25) is 0 Å². The zero-order valence-electron chi connectivity index (χ0n) is 12.6. The molecule has 0 aromatic heterocycles. The standard InChI is InChI=1S/C13H28O4S.K/c1-3-4-6-10-13(18(15,16)17)11-8-5-7-9-12(2)14;/h12-14H,3-11H2,1-2H3,(H,15,16,17);/q;+1/p-1. The Kier molecular flexibility index (Phi) is 15.8. The summed E-state index contributed by atoms with van der Waals surface area (Å²) in [5.74, 6) is 0. The summed E-state index contributed by atoms with van der Waals surface area (Å²) in [7, 11) is -4.15. The molecule has 0 fully saturated rings. The van der Waals surface area contributed by atoms with Gasteiger partial charge < -0.3 is 9.66 Å². The van der Waals surface area contributed by atoms with Crippen LogP contribution in [0.5, 0.6) is 0 Å². The fraction of sp³-hybridized carbons (Fsp3) is 1.00. The van der Waals surface area contributed by atoms with Crippen LogP contribution in [-0.4, -0.2) is 29.4 Å². The van der Waals surface area contributed by atoms with E-state index in [1.165, 1.54) is 0 Å². The maximum atomic E-state index is 11.1. The molecule has 0 amide bonds. The molecule has 1 N–H and O–H groups in total. The Balaban J connectivity index is 0. The number of hydrogen-bond donors (Lipinski definition) is 1. The summed E-state index contributed by atoms with van der Waals surface area (Å²) < 4.78 is 33.3. The maximum Gasteiger partial charge on any atom is 1.00 e. The Bertz CT molecular complexity index is 291. The van der Waals surface area contributed by atoms with E-state index in [9.17, 15) is 13.0 Å². The normalized spacial score (nSPS) is 14.7. The molecule has 0 aliphatic heterocycles. The van der Waals surface area contributed by atoms with Gasteiger partial charge in [0.2, 0.25) is 0 Å². The Labute approximate surface area is 160 Å². The maximum absolute atomic E-state index is 11.1. The molecule has 4 nitrogen and oxygen atoms in total. The first-order valence-corrected chi connectivity index (χ1v) is 8.47. The van der Waals surface area contributed by atoms with Crippen LogP contribution in [0.1, 0.15) is 71.6 Å². The molecule has 2 unspecified atom stereocenters. The number of rotatable bonds is 11. The topological polar surface area (TPSA) is 77.4 Å². The molecule has 0 rings (SSSR count). The minimum absolute atomic E-state index is 0. The van der Waals surface area contributed by atoms with Gasteiger partial charge in [-0.2, -0.15) is 0 Å². The molecule has 0 bridgehead atoms. The van der Waals surface area contributed by atoms with Gasteiger partial charge in [0.05, 0.1) is 16.2 Å². The third kappa shape index (κ3) is 14.2. The van der Waals surface area contributed by atoms with Crippen molar-refractivity contribution in [1.29, 1.82) is 0 Å². The molecule has 19 heavy (non-hydrogen) atoms. The van der Waals surface area contributed by atoms with E-state index in [0.717, 1.165) is 44.9 Å². The van der Waals surface area contributed by atoms with Crippen LogP contribution in [0.25, 0.3) is 0 Å². The summed E-state index contributed by atoms with van der Waals surface area (Å²) in [5.41, 5.74) is 0. The Hall–Kier alpha value is 1.51. The van der Waals surface area contributed by atoms with Gasteiger partial charge in [0, 0.05) is 5.25 Å². The van der Waals surface area contributed by atoms with E-state index in [2.05, 4.69) is 6.92 Å². The summed E-state index contributed by atoms with van der Waals surface area (Å²) >= 11 is 0. The number of aliphatic hydroxyl groups is 1. The third-order valence-corrected chi connectivity index (χ3v) is 4.47. The van der Waals surface area contributed by atoms with Crippen molar-refractivity contribution < 1.29 is 69.5 Å². The van der Waals surface area contributed by atoms with Gasteiger partial charge in [-0.15, -0.1) is 0 Å². The molecule has 6 heteroatoms. The predicted octanol–water partition coefficient (Wildman–Crippen LogP) is -0.184. The first kappa shape index (κ1) is 22.8. The molecule has 0 spiro atoms. The molecule has 0 aromatic rings. The van der Waals surface area contributed by atoms with Gasteiger partial charge in [-0.1, -0.05) is 45.4 Å². The summed E-state index contributed by atoms with van der Waals surface area (Å²) in [6, 6.07) is 0. The Morgan fingerprint density at radius 1 is 1.00 bits per heavy atom. The van der Waals surface area contributed by atoms with Crippen molar-refractivity contribution in [2.45, 2.75) is 83.0 Å². The second-order valence-electron chi connectivity index (χ2n) is 5.10. The number of hydrogen-bond acceptors (Lipinski definition) is 4. The zero-order valence-corrected chi connectivity index (χ0v) is 16.5. The molecule has 0 aliphatic rings. The zero-order chi connectivity index (χ0) is 14.0. The summed E-state index contributed by atoms with van der Waals surface area (Å²) in [6.07, 6.45) is 6.75. The first-order valence-electron chi connectivity index (χ1n) is 7.00. The molecule has 110 valence electrons. The second-order valence-corrected chi connectivity index (χ2v) is 6.75. The molecule has 0 heterocycles. The van der Waals surface area contributed by atoms with Crippen LogP contribution >= 0.6 is 0 Å². The summed E-state index contributed by atoms with van der Waals surface area (Å²) in [6.45, 7) is 3.80. The van der Waals surface area contributed by atoms with E-state index in [0.29, 0.717) is 12.8 Å². The molecular weight excluding hydrogens is 291 g/mol. The molecule has 0 aromatic carbocycles. The van der Waals surface area contributed by atoms with Gasteiger partial charge in [0.1, 0.15) is 0 Å². The van der Waals surface area contributed by atoms with Crippen molar-refractivity contribution in [2.75, 3.05) is 0 Å². The van der Waals surface area contributed by atoms with E-state index in [4.69, 9.17) is 5.11 Å².